The molecular weight excluding hydrogens is 985 g/mol. The van der Waals surface area contributed by atoms with Crippen LogP contribution in [-0.4, -0.2) is 32.8 Å². The average Bonchev–Trinajstić information content (AvgIpc) is 3.81. The Hall–Kier alpha value is -4.88. The molecule has 0 bridgehead atoms. The quantitative estimate of drug-likeness (QED) is 0.107. The molecule has 313 valence electrons. The van der Waals surface area contributed by atoms with Crippen molar-refractivity contribution >= 4 is 61.5 Å². The summed E-state index contributed by atoms with van der Waals surface area (Å²) >= 11 is -1.73. The molecule has 4 heterocycles. The summed E-state index contributed by atoms with van der Waals surface area (Å²) in [5.74, 6) is 9.11. The Balaban J connectivity index is 0.000000262. The Morgan fingerprint density at radius 2 is 1.46 bits per heavy atom. The molecule has 0 saturated heterocycles. The third-order valence-corrected chi connectivity index (χ3v) is 16.1. The average molecular weight is 1040 g/mol. The zero-order chi connectivity index (χ0) is 42.3. The van der Waals surface area contributed by atoms with Crippen LogP contribution in [0.15, 0.2) is 120 Å². The third kappa shape index (κ3) is 8.78. The van der Waals surface area contributed by atoms with Crippen LogP contribution in [0.25, 0.3) is 72.2 Å². The first-order valence-corrected chi connectivity index (χ1v) is 28.9. The second kappa shape index (κ2) is 18.2. The molecule has 0 aliphatic rings. The molecule has 7 heteroatoms. The van der Waals surface area contributed by atoms with E-state index in [1.54, 1.807) is 0 Å². The van der Waals surface area contributed by atoms with Crippen molar-refractivity contribution in [1.29, 1.82) is 0 Å². The molecule has 0 saturated carbocycles. The van der Waals surface area contributed by atoms with Crippen molar-refractivity contribution < 1.29 is 24.5 Å². The Kier molecular flexibility index (Phi) is 13.2. The number of furan rings is 1. The first kappa shape index (κ1) is 44.2. The predicted octanol–water partition coefficient (Wildman–Crippen LogP) is 14.5. The molecule has 0 fully saturated rings. The summed E-state index contributed by atoms with van der Waals surface area (Å²) in [7, 11) is 0. The number of aromatic nitrogens is 4. The SMILES string of the molecule is CCC(CC)c1ccc2c(n1)oc1c[c-]c(-c3nc4ccccc4n3-c3c(C(C)C)cc4ccccc4c3C(C)C)cc12.Cc1c[c-]c(-c2cc[c]([Ge]([CH3])([CH3])[CH3])cn2)cc1.[Ir]. The number of fused-ring (bicyclic) bond motifs is 5. The summed E-state index contributed by atoms with van der Waals surface area (Å²) in [6, 6.07) is 45.4. The minimum Gasteiger partial charge on any atom is 0 e. The molecule has 0 atom stereocenters. The van der Waals surface area contributed by atoms with Gasteiger partial charge in [0.25, 0.3) is 0 Å². The number of para-hydroxylation sites is 2. The molecule has 9 aromatic rings. The summed E-state index contributed by atoms with van der Waals surface area (Å²) in [6.45, 7) is 15.7. The maximum absolute atomic E-state index is 6.28. The maximum atomic E-state index is 6.28. The summed E-state index contributed by atoms with van der Waals surface area (Å²) in [4.78, 5) is 14.8. The van der Waals surface area contributed by atoms with Crippen LogP contribution in [0.3, 0.4) is 0 Å². The van der Waals surface area contributed by atoms with Crippen LogP contribution in [0.4, 0.5) is 0 Å². The topological polar surface area (TPSA) is 56.7 Å². The van der Waals surface area contributed by atoms with Gasteiger partial charge in [-0.25, -0.2) is 4.98 Å². The van der Waals surface area contributed by atoms with Gasteiger partial charge < -0.3 is 8.98 Å². The van der Waals surface area contributed by atoms with E-state index >= 15 is 0 Å². The van der Waals surface area contributed by atoms with Gasteiger partial charge in [-0.05, 0) is 76.9 Å². The van der Waals surface area contributed by atoms with Gasteiger partial charge in [0.1, 0.15) is 0 Å². The monoisotopic (exact) mass is 1040 g/mol. The Morgan fingerprint density at radius 1 is 0.721 bits per heavy atom. The van der Waals surface area contributed by atoms with E-state index < -0.39 is 13.3 Å². The van der Waals surface area contributed by atoms with E-state index in [1.807, 2.05) is 18.3 Å². The van der Waals surface area contributed by atoms with E-state index in [2.05, 4.69) is 184 Å². The minimum absolute atomic E-state index is 0. The van der Waals surface area contributed by atoms with Gasteiger partial charge in [0.15, 0.2) is 0 Å². The van der Waals surface area contributed by atoms with Crippen LogP contribution in [0.2, 0.25) is 17.3 Å². The molecule has 1 radical (unpaired) electrons. The molecule has 0 N–H and O–H groups in total. The summed E-state index contributed by atoms with van der Waals surface area (Å²) in [6.07, 6.45) is 4.17. The van der Waals surface area contributed by atoms with Crippen molar-refractivity contribution in [3.63, 3.8) is 0 Å². The zero-order valence-electron chi connectivity index (χ0n) is 37.1. The largest absolute Gasteiger partial charge is 0 e. The molecule has 5 aromatic carbocycles. The molecule has 0 aliphatic heterocycles. The molecule has 9 rings (SSSR count). The van der Waals surface area contributed by atoms with Crippen LogP contribution >= 0.6 is 0 Å². The fourth-order valence-corrected chi connectivity index (χ4v) is 10.6. The fourth-order valence-electron chi connectivity index (χ4n) is 8.43. The molecule has 5 nitrogen and oxygen atoms in total. The number of imidazole rings is 1. The molecular formula is C54H56GeIrN4O-2. The number of rotatable bonds is 9. The van der Waals surface area contributed by atoms with E-state index in [4.69, 9.17) is 14.4 Å². The molecule has 0 amide bonds. The first-order valence-electron chi connectivity index (χ1n) is 21.6. The summed E-state index contributed by atoms with van der Waals surface area (Å²) < 4.78 is 10.1. The number of hydrogen-bond donors (Lipinski definition) is 0. The Bertz CT molecular complexity index is 2950. The Morgan fingerprint density at radius 3 is 2.13 bits per heavy atom. The van der Waals surface area contributed by atoms with Gasteiger partial charge in [-0.2, -0.15) is 0 Å². The molecule has 0 unspecified atom stereocenters. The summed E-state index contributed by atoms with van der Waals surface area (Å²) in [5.41, 5.74) is 12.8. The number of aryl methyl sites for hydroxylation is 1. The number of hydrogen-bond acceptors (Lipinski definition) is 4. The van der Waals surface area contributed by atoms with Crippen LogP contribution < -0.4 is 4.40 Å². The summed E-state index contributed by atoms with van der Waals surface area (Å²) in [5, 5.41) is 4.64. The zero-order valence-corrected chi connectivity index (χ0v) is 41.6. The van der Waals surface area contributed by atoms with Crippen molar-refractivity contribution in [2.45, 2.75) is 96.3 Å². The van der Waals surface area contributed by atoms with Crippen LogP contribution in [-0.2, 0) is 20.1 Å². The fraction of sp³-hybridized carbons (Fsp3) is 0.278. The molecule has 0 aliphatic carbocycles. The van der Waals surface area contributed by atoms with Gasteiger partial charge in [-0.15, -0.1) is 23.8 Å². The van der Waals surface area contributed by atoms with Gasteiger partial charge in [0.2, 0.25) is 5.71 Å². The molecule has 61 heavy (non-hydrogen) atoms. The van der Waals surface area contributed by atoms with Crippen molar-refractivity contribution in [2.24, 2.45) is 0 Å². The Labute approximate surface area is 377 Å². The van der Waals surface area contributed by atoms with Gasteiger partial charge in [0, 0.05) is 42.8 Å². The van der Waals surface area contributed by atoms with Crippen molar-refractivity contribution in [2.75, 3.05) is 0 Å². The normalized spacial score (nSPS) is 11.9. The first-order chi connectivity index (χ1) is 28.9. The van der Waals surface area contributed by atoms with Gasteiger partial charge in [-0.3, -0.25) is 4.98 Å². The van der Waals surface area contributed by atoms with Crippen molar-refractivity contribution in [1.82, 2.24) is 19.5 Å². The molecule has 4 aromatic heterocycles. The number of nitrogens with zero attached hydrogens (tertiary/aromatic N) is 4. The van der Waals surface area contributed by atoms with Gasteiger partial charge >= 0.3 is 106 Å². The van der Waals surface area contributed by atoms with E-state index in [0.29, 0.717) is 23.5 Å². The maximum Gasteiger partial charge on any atom is 0 e. The number of pyridine rings is 2. The van der Waals surface area contributed by atoms with Crippen LogP contribution in [0, 0.1) is 19.1 Å². The van der Waals surface area contributed by atoms with Crippen LogP contribution in [0.5, 0.6) is 0 Å². The van der Waals surface area contributed by atoms with E-state index in [0.717, 1.165) is 68.6 Å². The minimum atomic E-state index is -1.73. The second-order valence-electron chi connectivity index (χ2n) is 17.8. The standard InChI is InChI=1S/C39H38N3O.C15H18GeN.Ir/c1-7-25(8-2)32-19-18-29-31-22-27(17-20-35(31)43-39(29)41-32)38-40-33-15-11-12-16-34(33)42(38)37-30(23(3)4)21-26-13-9-10-14-28(26)36(37)24(5)6;1-12-5-7-13(8-6-12)15-10-9-14(11-17-15)16(2,3)4;/h9-16,18-25H,7-8H2,1-6H3;5-7,9-11H,1-4H3;/q2*-1;. The van der Waals surface area contributed by atoms with Crippen molar-refractivity contribution in [3.05, 3.63) is 150 Å². The van der Waals surface area contributed by atoms with E-state index in [-0.39, 0.29) is 20.1 Å². The van der Waals surface area contributed by atoms with Gasteiger partial charge in [0.05, 0.1) is 22.4 Å². The van der Waals surface area contributed by atoms with E-state index in [9.17, 15) is 0 Å². The van der Waals surface area contributed by atoms with Gasteiger partial charge in [-0.1, -0.05) is 83.3 Å². The van der Waals surface area contributed by atoms with E-state index in [1.165, 1.54) is 37.5 Å². The second-order valence-corrected chi connectivity index (χ2v) is 28.5. The number of benzene rings is 5. The third-order valence-electron chi connectivity index (χ3n) is 11.9. The predicted molar refractivity (Wildman–Crippen MR) is 256 cm³/mol. The smallest absolute Gasteiger partial charge is 0 e. The van der Waals surface area contributed by atoms with Crippen LogP contribution in [0.1, 0.15) is 94.5 Å². The van der Waals surface area contributed by atoms with Crippen molar-refractivity contribution in [3.8, 4) is 28.3 Å². The molecule has 0 spiro atoms.